The van der Waals surface area contributed by atoms with Crippen molar-refractivity contribution in [2.45, 2.75) is 25.7 Å². The van der Waals surface area contributed by atoms with Crippen LogP contribution >= 0.6 is 15.9 Å². The third kappa shape index (κ3) is 2.73. The summed E-state index contributed by atoms with van der Waals surface area (Å²) in [7, 11) is 1.68. The summed E-state index contributed by atoms with van der Waals surface area (Å²) in [5, 5.41) is 0. The van der Waals surface area contributed by atoms with Gasteiger partial charge in [0.2, 0.25) is 0 Å². The standard InChI is InChI=1S/C12H18BrNO/c1-12(2,7-8-14)9-5-4-6-10(15-3)11(9)13/h4-6H,7-8,14H2,1-3H3. The van der Waals surface area contributed by atoms with E-state index < -0.39 is 0 Å². The van der Waals surface area contributed by atoms with Crippen LogP contribution in [-0.2, 0) is 5.41 Å². The zero-order chi connectivity index (χ0) is 11.5. The largest absolute Gasteiger partial charge is 0.496 e. The Morgan fingerprint density at radius 2 is 2.07 bits per heavy atom. The maximum absolute atomic E-state index is 5.63. The number of rotatable bonds is 4. The molecular weight excluding hydrogens is 254 g/mol. The molecule has 2 nitrogen and oxygen atoms in total. The molecule has 0 aliphatic heterocycles. The smallest absolute Gasteiger partial charge is 0.133 e. The van der Waals surface area contributed by atoms with Crippen molar-refractivity contribution in [1.82, 2.24) is 0 Å². The molecule has 0 aliphatic rings. The van der Waals surface area contributed by atoms with Crippen LogP contribution in [0.5, 0.6) is 5.75 Å². The lowest BCUT2D eigenvalue weighted by molar-refractivity contribution is 0.407. The molecule has 0 amide bonds. The molecule has 0 aliphatic carbocycles. The number of hydrogen-bond acceptors (Lipinski definition) is 2. The molecule has 0 unspecified atom stereocenters. The Morgan fingerprint density at radius 3 is 2.60 bits per heavy atom. The molecule has 3 heteroatoms. The Kier molecular flexibility index (Phi) is 4.17. The molecular formula is C12H18BrNO. The molecule has 0 aromatic heterocycles. The molecule has 1 aromatic carbocycles. The number of hydrogen-bond donors (Lipinski definition) is 1. The minimum absolute atomic E-state index is 0.0716. The Hall–Kier alpha value is -0.540. The lowest BCUT2D eigenvalue weighted by Crippen LogP contribution is -2.22. The first-order valence-corrected chi connectivity index (χ1v) is 5.85. The third-order valence-electron chi connectivity index (χ3n) is 2.68. The molecule has 1 rings (SSSR count). The van der Waals surface area contributed by atoms with Crippen LogP contribution in [0.3, 0.4) is 0 Å². The van der Waals surface area contributed by atoms with Crippen LogP contribution in [0.4, 0.5) is 0 Å². The summed E-state index contributed by atoms with van der Waals surface area (Å²) in [6.07, 6.45) is 0.957. The van der Waals surface area contributed by atoms with Gasteiger partial charge in [0.25, 0.3) is 0 Å². The van der Waals surface area contributed by atoms with E-state index in [9.17, 15) is 0 Å². The Morgan fingerprint density at radius 1 is 1.40 bits per heavy atom. The van der Waals surface area contributed by atoms with Gasteiger partial charge in [-0.3, -0.25) is 0 Å². The van der Waals surface area contributed by atoms with E-state index in [0.717, 1.165) is 16.6 Å². The predicted molar refractivity (Wildman–Crippen MR) is 67.4 cm³/mol. The van der Waals surface area contributed by atoms with E-state index in [1.54, 1.807) is 7.11 Å². The average Bonchev–Trinajstić information content (AvgIpc) is 2.17. The van der Waals surface area contributed by atoms with Crippen molar-refractivity contribution in [3.63, 3.8) is 0 Å². The molecule has 15 heavy (non-hydrogen) atoms. The highest BCUT2D eigenvalue weighted by Gasteiger charge is 2.23. The maximum Gasteiger partial charge on any atom is 0.133 e. The van der Waals surface area contributed by atoms with E-state index in [4.69, 9.17) is 10.5 Å². The van der Waals surface area contributed by atoms with Crippen LogP contribution in [0, 0.1) is 0 Å². The molecule has 0 bridgehead atoms. The van der Waals surface area contributed by atoms with Crippen molar-refractivity contribution >= 4 is 15.9 Å². The second kappa shape index (κ2) is 4.99. The van der Waals surface area contributed by atoms with Gasteiger partial charge in [0, 0.05) is 0 Å². The van der Waals surface area contributed by atoms with Crippen molar-refractivity contribution in [1.29, 1.82) is 0 Å². The van der Waals surface area contributed by atoms with Crippen molar-refractivity contribution in [2.75, 3.05) is 13.7 Å². The van der Waals surface area contributed by atoms with Crippen molar-refractivity contribution in [3.05, 3.63) is 28.2 Å². The molecule has 0 heterocycles. The first kappa shape index (κ1) is 12.5. The van der Waals surface area contributed by atoms with Crippen LogP contribution in [0.1, 0.15) is 25.8 Å². The van der Waals surface area contributed by atoms with Gasteiger partial charge in [0.05, 0.1) is 11.6 Å². The van der Waals surface area contributed by atoms with E-state index >= 15 is 0 Å². The summed E-state index contributed by atoms with van der Waals surface area (Å²) in [5.74, 6) is 0.873. The van der Waals surface area contributed by atoms with Gasteiger partial charge >= 0.3 is 0 Å². The van der Waals surface area contributed by atoms with Gasteiger partial charge in [-0.2, -0.15) is 0 Å². The van der Waals surface area contributed by atoms with Crippen LogP contribution in [0.25, 0.3) is 0 Å². The fraction of sp³-hybridized carbons (Fsp3) is 0.500. The first-order chi connectivity index (χ1) is 7.03. The highest BCUT2D eigenvalue weighted by molar-refractivity contribution is 9.10. The van der Waals surface area contributed by atoms with Gasteiger partial charge < -0.3 is 10.5 Å². The van der Waals surface area contributed by atoms with Gasteiger partial charge in [-0.15, -0.1) is 0 Å². The first-order valence-electron chi connectivity index (χ1n) is 5.06. The summed E-state index contributed by atoms with van der Waals surface area (Å²) in [6.45, 7) is 5.08. The number of ether oxygens (including phenoxy) is 1. The normalized spacial score (nSPS) is 11.5. The second-order valence-corrected chi connectivity index (χ2v) is 5.04. The summed E-state index contributed by atoms with van der Waals surface area (Å²) in [6, 6.07) is 6.07. The fourth-order valence-electron chi connectivity index (χ4n) is 1.69. The Balaban J connectivity index is 3.14. The van der Waals surface area contributed by atoms with Crippen LogP contribution < -0.4 is 10.5 Å². The van der Waals surface area contributed by atoms with Gasteiger partial charge in [0.1, 0.15) is 5.75 Å². The Labute approximate surface area is 99.9 Å². The lowest BCUT2D eigenvalue weighted by atomic mass is 9.81. The Bertz CT molecular complexity index is 336. The van der Waals surface area contributed by atoms with E-state index in [2.05, 4.69) is 35.8 Å². The van der Waals surface area contributed by atoms with Crippen LogP contribution in [0.15, 0.2) is 22.7 Å². The van der Waals surface area contributed by atoms with Crippen molar-refractivity contribution < 1.29 is 4.74 Å². The van der Waals surface area contributed by atoms with E-state index in [1.165, 1.54) is 5.56 Å². The number of benzene rings is 1. The minimum Gasteiger partial charge on any atom is -0.496 e. The summed E-state index contributed by atoms with van der Waals surface area (Å²) in [5.41, 5.74) is 6.94. The maximum atomic E-state index is 5.63. The lowest BCUT2D eigenvalue weighted by Gasteiger charge is -2.26. The van der Waals surface area contributed by atoms with Crippen molar-refractivity contribution in [2.24, 2.45) is 5.73 Å². The predicted octanol–water partition coefficient (Wildman–Crippen LogP) is 3.08. The molecule has 1 aromatic rings. The molecule has 0 fully saturated rings. The number of methoxy groups -OCH3 is 1. The molecule has 0 spiro atoms. The summed E-state index contributed by atoms with van der Waals surface area (Å²) >= 11 is 3.58. The molecule has 0 saturated heterocycles. The van der Waals surface area contributed by atoms with Gasteiger partial charge in [0.15, 0.2) is 0 Å². The van der Waals surface area contributed by atoms with Crippen LogP contribution in [-0.4, -0.2) is 13.7 Å². The minimum atomic E-state index is 0.0716. The molecule has 0 saturated carbocycles. The van der Waals surface area contributed by atoms with Gasteiger partial charge in [-0.25, -0.2) is 0 Å². The SMILES string of the molecule is COc1cccc(C(C)(C)CCN)c1Br. The molecule has 2 N–H and O–H groups in total. The third-order valence-corrected chi connectivity index (χ3v) is 3.50. The quantitative estimate of drug-likeness (QED) is 0.914. The highest BCUT2D eigenvalue weighted by atomic mass is 79.9. The summed E-state index contributed by atoms with van der Waals surface area (Å²) < 4.78 is 6.31. The highest BCUT2D eigenvalue weighted by Crippen LogP contribution is 2.37. The number of halogens is 1. The molecule has 84 valence electrons. The summed E-state index contributed by atoms with van der Waals surface area (Å²) in [4.78, 5) is 0. The zero-order valence-corrected chi connectivity index (χ0v) is 11.1. The average molecular weight is 272 g/mol. The van der Waals surface area contributed by atoms with Crippen molar-refractivity contribution in [3.8, 4) is 5.75 Å². The molecule has 0 radical (unpaired) electrons. The van der Waals surface area contributed by atoms with Crippen LogP contribution in [0.2, 0.25) is 0 Å². The number of nitrogens with two attached hydrogens (primary N) is 1. The van der Waals surface area contributed by atoms with Gasteiger partial charge in [-0.05, 0) is 45.9 Å². The topological polar surface area (TPSA) is 35.2 Å². The van der Waals surface area contributed by atoms with E-state index in [0.29, 0.717) is 6.54 Å². The fourth-order valence-corrected chi connectivity index (χ4v) is 2.65. The second-order valence-electron chi connectivity index (χ2n) is 4.24. The zero-order valence-electron chi connectivity index (χ0n) is 9.51. The van der Waals surface area contributed by atoms with Gasteiger partial charge in [-0.1, -0.05) is 26.0 Å². The monoisotopic (exact) mass is 271 g/mol. The van der Waals surface area contributed by atoms with E-state index in [-0.39, 0.29) is 5.41 Å². The van der Waals surface area contributed by atoms with E-state index in [1.807, 2.05) is 12.1 Å². The molecule has 0 atom stereocenters.